The van der Waals surface area contributed by atoms with E-state index in [2.05, 4.69) is 16.0 Å². The smallest absolute Gasteiger partial charge is 0.251 e. The maximum Gasteiger partial charge on any atom is 0.251 e. The number of carbonyl (C=O) groups excluding carboxylic acids is 2. The highest BCUT2D eigenvalue weighted by molar-refractivity contribution is 5.86. The molecular weight excluding hydrogens is 392 g/mol. The Bertz CT molecular complexity index is 927. The summed E-state index contributed by atoms with van der Waals surface area (Å²) < 4.78 is 5.64. The Balaban J connectivity index is 1.66. The molecule has 7 nitrogen and oxygen atoms in total. The van der Waals surface area contributed by atoms with Gasteiger partial charge < -0.3 is 14.5 Å². The molecule has 0 unspecified atom stereocenters. The standard InChI is InChI=1S/C24H30N4O3/c1-27(2)23(30)24(10-6-11-28(16-24)22(29)21-9-5-12-31-21)13-18-7-3-4-8-20(18)19-14-25-17-26-15-19/h3-4,7-8,14-15,17,21H,5-6,9-13,16H2,1-2H3/t21-,24+/m1/s1. The van der Waals surface area contributed by atoms with Crippen molar-refractivity contribution >= 4 is 11.8 Å². The number of benzene rings is 1. The molecule has 0 saturated carbocycles. The van der Waals surface area contributed by atoms with Crippen LogP contribution < -0.4 is 0 Å². The fourth-order valence-corrected chi connectivity index (χ4v) is 4.92. The number of piperidine rings is 1. The second-order valence-corrected chi connectivity index (χ2v) is 8.81. The van der Waals surface area contributed by atoms with Crippen molar-refractivity contribution in [3.8, 4) is 11.1 Å². The molecule has 2 atom stereocenters. The van der Waals surface area contributed by atoms with E-state index in [1.807, 2.05) is 23.1 Å². The lowest BCUT2D eigenvalue weighted by molar-refractivity contribution is -0.151. The SMILES string of the molecule is CN(C)C(=O)[C@]1(Cc2ccccc2-c2cncnc2)CCCN(C(=O)[C@H]2CCCO2)C1. The summed E-state index contributed by atoms with van der Waals surface area (Å²) in [5, 5.41) is 0. The van der Waals surface area contributed by atoms with E-state index in [1.54, 1.807) is 31.4 Å². The molecule has 2 saturated heterocycles. The van der Waals surface area contributed by atoms with Crippen LogP contribution in [0.3, 0.4) is 0 Å². The Morgan fingerprint density at radius 2 is 1.97 bits per heavy atom. The molecular formula is C24H30N4O3. The van der Waals surface area contributed by atoms with Crippen molar-refractivity contribution in [3.63, 3.8) is 0 Å². The van der Waals surface area contributed by atoms with Crippen LogP contribution in [0.4, 0.5) is 0 Å². The fraction of sp³-hybridized carbons (Fsp3) is 0.500. The van der Waals surface area contributed by atoms with E-state index in [-0.39, 0.29) is 17.9 Å². The summed E-state index contributed by atoms with van der Waals surface area (Å²) >= 11 is 0. The molecule has 4 rings (SSSR count). The van der Waals surface area contributed by atoms with Gasteiger partial charge in [0.25, 0.3) is 5.91 Å². The monoisotopic (exact) mass is 422 g/mol. The molecule has 2 aliphatic rings. The van der Waals surface area contributed by atoms with Crippen LogP contribution in [-0.4, -0.2) is 71.5 Å². The summed E-state index contributed by atoms with van der Waals surface area (Å²) in [5.41, 5.74) is 2.35. The first-order chi connectivity index (χ1) is 15.0. The fourth-order valence-electron chi connectivity index (χ4n) is 4.92. The van der Waals surface area contributed by atoms with Crippen LogP contribution in [0, 0.1) is 5.41 Å². The van der Waals surface area contributed by atoms with Gasteiger partial charge in [-0.3, -0.25) is 9.59 Å². The lowest BCUT2D eigenvalue weighted by atomic mass is 9.73. The van der Waals surface area contributed by atoms with Gasteiger partial charge in [0.1, 0.15) is 12.4 Å². The van der Waals surface area contributed by atoms with Crippen molar-refractivity contribution in [3.05, 3.63) is 48.5 Å². The van der Waals surface area contributed by atoms with Gasteiger partial charge in [-0.2, -0.15) is 0 Å². The van der Waals surface area contributed by atoms with E-state index in [0.717, 1.165) is 42.4 Å². The highest BCUT2D eigenvalue weighted by Crippen LogP contribution is 2.38. The number of carbonyl (C=O) groups is 2. The first-order valence-corrected chi connectivity index (χ1v) is 11.0. The zero-order chi connectivity index (χ0) is 21.8. The van der Waals surface area contributed by atoms with E-state index in [4.69, 9.17) is 4.74 Å². The Hall–Kier alpha value is -2.80. The van der Waals surface area contributed by atoms with Gasteiger partial charge in [0.2, 0.25) is 5.91 Å². The van der Waals surface area contributed by atoms with Crippen LogP contribution in [0.2, 0.25) is 0 Å². The summed E-state index contributed by atoms with van der Waals surface area (Å²) in [4.78, 5) is 38.4. The second kappa shape index (κ2) is 9.14. The zero-order valence-corrected chi connectivity index (χ0v) is 18.3. The highest BCUT2D eigenvalue weighted by atomic mass is 16.5. The molecule has 1 aromatic heterocycles. The molecule has 1 aromatic carbocycles. The predicted molar refractivity (Wildman–Crippen MR) is 117 cm³/mol. The van der Waals surface area contributed by atoms with E-state index >= 15 is 0 Å². The molecule has 2 amide bonds. The zero-order valence-electron chi connectivity index (χ0n) is 18.3. The van der Waals surface area contributed by atoms with E-state index in [9.17, 15) is 9.59 Å². The summed E-state index contributed by atoms with van der Waals surface area (Å²) in [6.45, 7) is 1.73. The third-order valence-electron chi connectivity index (χ3n) is 6.37. The quantitative estimate of drug-likeness (QED) is 0.740. The normalized spacial score (nSPS) is 23.5. The molecule has 0 radical (unpaired) electrons. The maximum absolute atomic E-state index is 13.5. The number of ether oxygens (including phenoxy) is 1. The Morgan fingerprint density at radius 1 is 1.19 bits per heavy atom. The van der Waals surface area contributed by atoms with Gasteiger partial charge in [-0.15, -0.1) is 0 Å². The largest absolute Gasteiger partial charge is 0.368 e. The van der Waals surface area contributed by atoms with Gasteiger partial charge >= 0.3 is 0 Å². The molecule has 0 aliphatic carbocycles. The lowest BCUT2D eigenvalue weighted by Crippen LogP contribution is -2.55. The van der Waals surface area contributed by atoms with Crippen molar-refractivity contribution in [2.45, 2.75) is 38.2 Å². The minimum Gasteiger partial charge on any atom is -0.368 e. The van der Waals surface area contributed by atoms with Crippen molar-refractivity contribution < 1.29 is 14.3 Å². The lowest BCUT2D eigenvalue weighted by Gasteiger charge is -2.44. The average Bonchev–Trinajstić information content (AvgIpc) is 3.34. The molecule has 164 valence electrons. The third kappa shape index (κ3) is 4.46. The summed E-state index contributed by atoms with van der Waals surface area (Å²) in [7, 11) is 3.59. The third-order valence-corrected chi connectivity index (χ3v) is 6.37. The summed E-state index contributed by atoms with van der Waals surface area (Å²) in [5.74, 6) is 0.0920. The Labute approximate surface area is 183 Å². The number of amides is 2. The van der Waals surface area contributed by atoms with Crippen molar-refractivity contribution in [2.24, 2.45) is 5.41 Å². The first-order valence-electron chi connectivity index (χ1n) is 11.0. The maximum atomic E-state index is 13.5. The van der Waals surface area contributed by atoms with Crippen LogP contribution in [0.15, 0.2) is 43.0 Å². The highest BCUT2D eigenvalue weighted by Gasteiger charge is 2.45. The minimum absolute atomic E-state index is 0.0258. The van der Waals surface area contributed by atoms with E-state index in [0.29, 0.717) is 26.1 Å². The second-order valence-electron chi connectivity index (χ2n) is 8.81. The minimum atomic E-state index is -0.665. The van der Waals surface area contributed by atoms with Crippen LogP contribution in [-0.2, 0) is 20.7 Å². The molecule has 7 heteroatoms. The number of hydrogen-bond acceptors (Lipinski definition) is 5. The summed E-state index contributed by atoms with van der Waals surface area (Å²) in [6, 6.07) is 8.09. The number of aromatic nitrogens is 2. The first kappa shape index (κ1) is 21.4. The average molecular weight is 423 g/mol. The molecule has 0 spiro atoms. The molecule has 31 heavy (non-hydrogen) atoms. The number of rotatable bonds is 5. The molecule has 0 bridgehead atoms. The van der Waals surface area contributed by atoms with Crippen molar-refractivity contribution in [1.82, 2.24) is 19.8 Å². The number of nitrogens with zero attached hydrogens (tertiary/aromatic N) is 4. The molecule has 3 heterocycles. The van der Waals surface area contributed by atoms with Crippen LogP contribution in [0.5, 0.6) is 0 Å². The summed E-state index contributed by atoms with van der Waals surface area (Å²) in [6.07, 6.45) is 8.52. The molecule has 2 aliphatic heterocycles. The van der Waals surface area contributed by atoms with E-state index in [1.165, 1.54) is 6.33 Å². The van der Waals surface area contributed by atoms with Gasteiger partial charge in [-0.25, -0.2) is 9.97 Å². The number of hydrogen-bond donors (Lipinski definition) is 0. The Morgan fingerprint density at radius 3 is 2.68 bits per heavy atom. The van der Waals surface area contributed by atoms with Gasteiger partial charge in [0.05, 0.1) is 5.41 Å². The number of likely N-dealkylation sites (tertiary alicyclic amines) is 1. The van der Waals surface area contributed by atoms with Gasteiger partial charge in [0.15, 0.2) is 0 Å². The van der Waals surface area contributed by atoms with Crippen LogP contribution >= 0.6 is 0 Å². The molecule has 2 fully saturated rings. The molecule has 2 aromatic rings. The van der Waals surface area contributed by atoms with Gasteiger partial charge in [-0.1, -0.05) is 24.3 Å². The van der Waals surface area contributed by atoms with Gasteiger partial charge in [-0.05, 0) is 43.2 Å². The van der Waals surface area contributed by atoms with Crippen LogP contribution in [0.25, 0.3) is 11.1 Å². The van der Waals surface area contributed by atoms with Crippen molar-refractivity contribution in [1.29, 1.82) is 0 Å². The van der Waals surface area contributed by atoms with Crippen molar-refractivity contribution in [2.75, 3.05) is 33.8 Å². The predicted octanol–water partition coefficient (Wildman–Crippen LogP) is 2.56. The molecule has 0 N–H and O–H groups in total. The Kier molecular flexibility index (Phi) is 6.32. The van der Waals surface area contributed by atoms with Crippen LogP contribution in [0.1, 0.15) is 31.2 Å². The van der Waals surface area contributed by atoms with E-state index < -0.39 is 5.41 Å². The van der Waals surface area contributed by atoms with Gasteiger partial charge in [0, 0.05) is 51.7 Å². The topological polar surface area (TPSA) is 75.6 Å².